The molecule has 0 spiro atoms. The normalized spacial score (nSPS) is 25.3. The van der Waals surface area contributed by atoms with Crippen LogP contribution < -0.4 is 20.7 Å². The van der Waals surface area contributed by atoms with Gasteiger partial charge in [0.15, 0.2) is 0 Å². The van der Waals surface area contributed by atoms with Crippen molar-refractivity contribution >= 4 is 11.6 Å². The monoisotopic (exact) mass is 419 g/mol. The van der Waals surface area contributed by atoms with E-state index >= 15 is 0 Å². The Labute approximate surface area is 185 Å². The lowest BCUT2D eigenvalue weighted by Gasteiger charge is -2.44. The van der Waals surface area contributed by atoms with Crippen LogP contribution in [0.15, 0.2) is 42.5 Å². The van der Waals surface area contributed by atoms with E-state index < -0.39 is 0 Å². The van der Waals surface area contributed by atoms with Gasteiger partial charge in [-0.15, -0.1) is 0 Å². The van der Waals surface area contributed by atoms with E-state index in [4.69, 9.17) is 4.74 Å². The summed E-state index contributed by atoms with van der Waals surface area (Å²) in [7, 11) is 0. The van der Waals surface area contributed by atoms with Crippen molar-refractivity contribution < 1.29 is 9.53 Å². The van der Waals surface area contributed by atoms with Gasteiger partial charge in [-0.1, -0.05) is 25.0 Å². The summed E-state index contributed by atoms with van der Waals surface area (Å²) >= 11 is 0. The number of piperidine rings is 1. The summed E-state index contributed by atoms with van der Waals surface area (Å²) in [5, 5.41) is 10.8. The smallest absolute Gasteiger partial charge is 0.251 e. The van der Waals surface area contributed by atoms with E-state index in [1.165, 1.54) is 36.8 Å². The van der Waals surface area contributed by atoms with E-state index in [1.54, 1.807) is 0 Å². The first-order chi connectivity index (χ1) is 15.2. The number of fused-ring (bicyclic) bond motifs is 3. The zero-order valence-corrected chi connectivity index (χ0v) is 18.3. The molecule has 1 amide bonds. The van der Waals surface area contributed by atoms with Crippen molar-refractivity contribution in [3.05, 3.63) is 59.2 Å². The molecule has 0 aromatic heterocycles. The molecule has 3 atom stereocenters. The van der Waals surface area contributed by atoms with Crippen molar-refractivity contribution in [2.45, 2.75) is 63.6 Å². The van der Waals surface area contributed by atoms with Gasteiger partial charge in [-0.25, -0.2) is 0 Å². The molecule has 164 valence electrons. The maximum Gasteiger partial charge on any atom is 0.251 e. The van der Waals surface area contributed by atoms with Crippen molar-refractivity contribution in [2.75, 3.05) is 18.5 Å². The second-order valence-electron chi connectivity index (χ2n) is 9.12. The van der Waals surface area contributed by atoms with Crippen LogP contribution in [0.4, 0.5) is 5.69 Å². The number of nitrogens with one attached hydrogen (secondary N) is 3. The SMILES string of the molecule is CCOc1ccc(C2Nc3ccc(C(=O)NC4CCCC4)cc3C3NCCCC23)cc1. The van der Waals surface area contributed by atoms with Crippen molar-refractivity contribution in [3.8, 4) is 5.75 Å². The molecule has 2 aromatic carbocycles. The second-order valence-corrected chi connectivity index (χ2v) is 9.12. The highest BCUT2D eigenvalue weighted by atomic mass is 16.5. The van der Waals surface area contributed by atoms with Gasteiger partial charge < -0.3 is 20.7 Å². The third kappa shape index (κ3) is 4.16. The molecule has 3 aliphatic rings. The number of benzene rings is 2. The standard InChI is InChI=1S/C26H33N3O2/c1-2-31-20-12-9-17(10-13-20)24-21-8-5-15-27-25(21)22-16-18(11-14-23(22)29-24)26(30)28-19-6-3-4-7-19/h9-14,16,19,21,24-25,27,29H,2-8,15H2,1H3,(H,28,30). The van der Waals surface area contributed by atoms with Crippen LogP contribution >= 0.6 is 0 Å². The molecule has 1 saturated carbocycles. The first kappa shape index (κ1) is 20.4. The van der Waals surface area contributed by atoms with E-state index in [1.807, 2.05) is 13.0 Å². The molecule has 1 saturated heterocycles. The van der Waals surface area contributed by atoms with Crippen LogP contribution in [0.3, 0.4) is 0 Å². The van der Waals surface area contributed by atoms with E-state index in [-0.39, 0.29) is 18.0 Å². The second kappa shape index (κ2) is 8.91. The zero-order chi connectivity index (χ0) is 21.2. The topological polar surface area (TPSA) is 62.4 Å². The Kier molecular flexibility index (Phi) is 5.86. The number of ether oxygens (including phenoxy) is 1. The largest absolute Gasteiger partial charge is 0.494 e. The minimum absolute atomic E-state index is 0.0655. The van der Waals surface area contributed by atoms with Crippen molar-refractivity contribution in [2.24, 2.45) is 5.92 Å². The fraction of sp³-hybridized carbons (Fsp3) is 0.500. The molecular weight excluding hydrogens is 386 g/mol. The van der Waals surface area contributed by atoms with Gasteiger partial charge in [0.05, 0.1) is 12.6 Å². The Morgan fingerprint density at radius 1 is 1.03 bits per heavy atom. The quantitative estimate of drug-likeness (QED) is 0.641. The molecule has 2 aromatic rings. The summed E-state index contributed by atoms with van der Waals surface area (Å²) in [6.45, 7) is 3.71. The minimum atomic E-state index is 0.0655. The number of amides is 1. The van der Waals surface area contributed by atoms with Gasteiger partial charge in [0.1, 0.15) is 5.75 Å². The minimum Gasteiger partial charge on any atom is -0.494 e. The van der Waals surface area contributed by atoms with Crippen LogP contribution in [-0.4, -0.2) is 25.1 Å². The van der Waals surface area contributed by atoms with Crippen LogP contribution in [-0.2, 0) is 0 Å². The van der Waals surface area contributed by atoms with Crippen LogP contribution in [0.1, 0.15) is 79.0 Å². The first-order valence-electron chi connectivity index (χ1n) is 11.9. The highest BCUT2D eigenvalue weighted by molar-refractivity contribution is 5.95. The highest BCUT2D eigenvalue weighted by Crippen LogP contribution is 2.47. The maximum atomic E-state index is 12.9. The summed E-state index contributed by atoms with van der Waals surface area (Å²) in [5.41, 5.74) is 4.42. The molecular formula is C26H33N3O2. The maximum absolute atomic E-state index is 12.9. The highest BCUT2D eigenvalue weighted by Gasteiger charge is 2.39. The van der Waals surface area contributed by atoms with Gasteiger partial charge in [-0.3, -0.25) is 4.79 Å². The average molecular weight is 420 g/mol. The predicted octanol–water partition coefficient (Wildman–Crippen LogP) is 4.97. The average Bonchev–Trinajstić information content (AvgIpc) is 3.32. The molecule has 0 radical (unpaired) electrons. The summed E-state index contributed by atoms with van der Waals surface area (Å²) in [5.74, 6) is 1.43. The molecule has 3 N–H and O–H groups in total. The van der Waals surface area contributed by atoms with Gasteiger partial charge in [0.2, 0.25) is 0 Å². The van der Waals surface area contributed by atoms with Crippen molar-refractivity contribution in [1.29, 1.82) is 0 Å². The lowest BCUT2D eigenvalue weighted by Crippen LogP contribution is -2.43. The predicted molar refractivity (Wildman–Crippen MR) is 124 cm³/mol. The van der Waals surface area contributed by atoms with Gasteiger partial charge in [-0.2, -0.15) is 0 Å². The number of carbonyl (C=O) groups is 1. The molecule has 5 heteroatoms. The Morgan fingerprint density at radius 3 is 2.61 bits per heavy atom. The van der Waals surface area contributed by atoms with Crippen molar-refractivity contribution in [3.63, 3.8) is 0 Å². The summed E-state index contributed by atoms with van der Waals surface area (Å²) in [4.78, 5) is 12.9. The fourth-order valence-electron chi connectivity index (χ4n) is 5.59. The molecule has 3 unspecified atom stereocenters. The summed E-state index contributed by atoms with van der Waals surface area (Å²) < 4.78 is 5.62. The molecule has 2 heterocycles. The fourth-order valence-corrected chi connectivity index (χ4v) is 5.59. The van der Waals surface area contributed by atoms with Gasteiger partial charge in [-0.05, 0) is 80.6 Å². The lowest BCUT2D eigenvalue weighted by atomic mass is 9.75. The van der Waals surface area contributed by atoms with Gasteiger partial charge >= 0.3 is 0 Å². The number of rotatable bonds is 5. The van der Waals surface area contributed by atoms with E-state index in [2.05, 4.69) is 52.3 Å². The Balaban J connectivity index is 1.41. The lowest BCUT2D eigenvalue weighted by molar-refractivity contribution is 0.0937. The van der Waals surface area contributed by atoms with E-state index in [0.29, 0.717) is 18.6 Å². The van der Waals surface area contributed by atoms with Gasteiger partial charge in [0, 0.05) is 29.3 Å². The Morgan fingerprint density at radius 2 is 1.84 bits per heavy atom. The molecule has 5 rings (SSSR count). The van der Waals surface area contributed by atoms with Crippen LogP contribution in [0, 0.1) is 5.92 Å². The summed E-state index contributed by atoms with van der Waals surface area (Å²) in [6.07, 6.45) is 7.00. The molecule has 2 aliphatic heterocycles. The number of hydrogen-bond acceptors (Lipinski definition) is 4. The molecule has 31 heavy (non-hydrogen) atoms. The van der Waals surface area contributed by atoms with E-state index in [0.717, 1.165) is 36.4 Å². The first-order valence-corrected chi connectivity index (χ1v) is 11.9. The molecule has 2 fully saturated rings. The third-order valence-corrected chi connectivity index (χ3v) is 7.14. The molecule has 0 bridgehead atoms. The van der Waals surface area contributed by atoms with Crippen LogP contribution in [0.2, 0.25) is 0 Å². The Bertz CT molecular complexity index is 921. The number of hydrogen-bond donors (Lipinski definition) is 3. The number of anilines is 1. The molecule has 1 aliphatic carbocycles. The van der Waals surface area contributed by atoms with Crippen molar-refractivity contribution in [1.82, 2.24) is 10.6 Å². The number of carbonyl (C=O) groups excluding carboxylic acids is 1. The summed E-state index contributed by atoms with van der Waals surface area (Å²) in [6, 6.07) is 15.5. The third-order valence-electron chi connectivity index (χ3n) is 7.14. The Hall–Kier alpha value is -2.53. The zero-order valence-electron chi connectivity index (χ0n) is 18.3. The van der Waals surface area contributed by atoms with Crippen LogP contribution in [0.5, 0.6) is 5.75 Å². The van der Waals surface area contributed by atoms with Crippen LogP contribution in [0.25, 0.3) is 0 Å². The van der Waals surface area contributed by atoms with E-state index in [9.17, 15) is 4.79 Å². The van der Waals surface area contributed by atoms with Gasteiger partial charge in [0.25, 0.3) is 5.91 Å². The molecule has 5 nitrogen and oxygen atoms in total.